The van der Waals surface area contributed by atoms with Gasteiger partial charge in [0.15, 0.2) is 0 Å². The fourth-order valence-electron chi connectivity index (χ4n) is 6.69. The first kappa shape index (κ1) is 33.3. The molecule has 48 heavy (non-hydrogen) atoms. The number of amides is 1. The summed E-state index contributed by atoms with van der Waals surface area (Å²) in [6, 6.07) is 12.5. The van der Waals surface area contributed by atoms with E-state index in [0.29, 0.717) is 37.6 Å². The number of likely N-dealkylation sites (tertiary alicyclic amines) is 1. The van der Waals surface area contributed by atoms with E-state index >= 15 is 0 Å². The van der Waals surface area contributed by atoms with Gasteiger partial charge in [-0.1, -0.05) is 36.4 Å². The number of alkyl halides is 3. The van der Waals surface area contributed by atoms with Crippen LogP contribution in [0, 0.1) is 12.4 Å². The zero-order chi connectivity index (χ0) is 33.8. The molecule has 1 aromatic heterocycles. The molecule has 14 heteroatoms. The lowest BCUT2D eigenvalue weighted by atomic mass is 10.0. The molecule has 0 bridgehead atoms. The first-order valence-electron chi connectivity index (χ1n) is 16.0. The molecule has 0 N–H and O–H groups in total. The van der Waals surface area contributed by atoms with Gasteiger partial charge in [-0.15, -0.1) is 0 Å². The molecule has 1 amide bonds. The lowest BCUT2D eigenvalue weighted by Crippen LogP contribution is -2.57. The van der Waals surface area contributed by atoms with Gasteiger partial charge in [-0.3, -0.25) is 4.90 Å². The third-order valence-electron chi connectivity index (χ3n) is 9.24. The van der Waals surface area contributed by atoms with Crippen molar-refractivity contribution < 1.29 is 31.8 Å². The number of rotatable bonds is 8. The molecule has 0 unspecified atom stereocenters. The van der Waals surface area contributed by atoms with Crippen molar-refractivity contribution in [3.8, 4) is 6.01 Å². The monoisotopic (exact) mass is 667 g/mol. The number of likely N-dealkylation sites (N-methyl/N-ethyl adjacent to an activating group) is 1. The molecule has 2 aromatic carbocycles. The SMILES string of the molecule is [C-]#[N+]C[C@H]1CN(c2nc(OC[C@@H]3CCCN3C)nc3c2CCN(c2cccc(F)c2C(F)(F)F)C3)CCN1C(=O)OCc1ccccc1. The highest BCUT2D eigenvalue weighted by molar-refractivity contribution is 5.69. The first-order chi connectivity index (χ1) is 23.1. The Balaban J connectivity index is 1.27. The Kier molecular flexibility index (Phi) is 9.86. The third kappa shape index (κ3) is 7.26. The Morgan fingerprint density at radius 1 is 1.02 bits per heavy atom. The van der Waals surface area contributed by atoms with E-state index in [0.717, 1.165) is 36.6 Å². The Bertz CT molecular complexity index is 1650. The number of carbonyl (C=O) groups is 1. The summed E-state index contributed by atoms with van der Waals surface area (Å²) >= 11 is 0. The Morgan fingerprint density at radius 2 is 1.83 bits per heavy atom. The van der Waals surface area contributed by atoms with Gasteiger partial charge in [0.1, 0.15) is 36.5 Å². The molecular formula is C34H37F4N7O3. The highest BCUT2D eigenvalue weighted by Gasteiger charge is 2.40. The summed E-state index contributed by atoms with van der Waals surface area (Å²) in [5.74, 6) is -0.762. The largest absolute Gasteiger partial charge is 0.462 e. The minimum absolute atomic E-state index is 0.00562. The van der Waals surface area contributed by atoms with Crippen molar-refractivity contribution in [1.82, 2.24) is 19.8 Å². The molecular weight excluding hydrogens is 630 g/mol. The van der Waals surface area contributed by atoms with Crippen molar-refractivity contribution in [2.75, 3.05) is 62.7 Å². The molecule has 0 radical (unpaired) electrons. The van der Waals surface area contributed by atoms with Gasteiger partial charge in [0.25, 0.3) is 0 Å². The van der Waals surface area contributed by atoms with Crippen LogP contribution in [0.1, 0.15) is 35.2 Å². The van der Waals surface area contributed by atoms with Crippen LogP contribution in [0.15, 0.2) is 48.5 Å². The lowest BCUT2D eigenvalue weighted by molar-refractivity contribution is -0.139. The molecule has 3 aliphatic heterocycles. The molecule has 2 atom stereocenters. The minimum atomic E-state index is -4.88. The molecule has 6 rings (SSSR count). The number of halogens is 4. The summed E-state index contributed by atoms with van der Waals surface area (Å²) in [6.45, 7) is 10.2. The van der Waals surface area contributed by atoms with Crippen LogP contribution >= 0.6 is 0 Å². The van der Waals surface area contributed by atoms with Crippen LogP contribution < -0.4 is 14.5 Å². The summed E-state index contributed by atoms with van der Waals surface area (Å²) in [4.78, 5) is 33.5. The van der Waals surface area contributed by atoms with Crippen molar-refractivity contribution >= 4 is 17.6 Å². The summed E-state index contributed by atoms with van der Waals surface area (Å²) in [7, 11) is 2.02. The zero-order valence-corrected chi connectivity index (χ0v) is 26.6. The molecule has 2 saturated heterocycles. The predicted molar refractivity (Wildman–Crippen MR) is 170 cm³/mol. The maximum Gasteiger partial charge on any atom is 0.421 e. The highest BCUT2D eigenvalue weighted by Crippen LogP contribution is 2.40. The zero-order valence-electron chi connectivity index (χ0n) is 26.6. The van der Waals surface area contributed by atoms with Crippen molar-refractivity contribution in [2.45, 2.75) is 50.7 Å². The van der Waals surface area contributed by atoms with Gasteiger partial charge in [-0.25, -0.2) is 15.8 Å². The van der Waals surface area contributed by atoms with Gasteiger partial charge in [0.05, 0.1) is 17.9 Å². The Hall–Kier alpha value is -4.64. The standard InChI is InChI=1S/C34H37F4N7O3/c1-39-18-25-19-44(16-17-45(25)33(46)48-21-23-8-4-3-5-9-23)31-26-13-15-43(29-12-6-11-27(35)30(29)34(36,37)38)20-28(26)40-32(41-31)47-22-24-10-7-14-42(24)2/h3-6,8-9,11-12,24-25H,7,10,13-22H2,2H3/t24-,25-/m0/s1. The second kappa shape index (κ2) is 14.2. The van der Waals surface area contributed by atoms with E-state index < -0.39 is 29.7 Å². The number of piperazine rings is 1. The van der Waals surface area contributed by atoms with Crippen LogP contribution in [-0.4, -0.2) is 90.9 Å². The number of fused-ring (bicyclic) bond motifs is 1. The van der Waals surface area contributed by atoms with Crippen molar-refractivity contribution in [1.29, 1.82) is 0 Å². The van der Waals surface area contributed by atoms with E-state index in [2.05, 4.69) is 14.7 Å². The number of hydrogen-bond acceptors (Lipinski definition) is 8. The van der Waals surface area contributed by atoms with Crippen molar-refractivity contribution in [2.24, 2.45) is 0 Å². The normalized spacial score (nSPS) is 20.0. The maximum absolute atomic E-state index is 14.5. The second-order valence-corrected chi connectivity index (χ2v) is 12.3. The van der Waals surface area contributed by atoms with Gasteiger partial charge in [-0.05, 0) is 50.6 Å². The van der Waals surface area contributed by atoms with E-state index in [9.17, 15) is 22.4 Å². The number of hydrogen-bond donors (Lipinski definition) is 0. The molecule has 10 nitrogen and oxygen atoms in total. The molecule has 3 aromatic rings. The maximum atomic E-state index is 14.5. The van der Waals surface area contributed by atoms with Gasteiger partial charge in [0, 0.05) is 37.8 Å². The quantitative estimate of drug-likeness (QED) is 0.233. The fourth-order valence-corrected chi connectivity index (χ4v) is 6.69. The minimum Gasteiger partial charge on any atom is -0.462 e. The van der Waals surface area contributed by atoms with Crippen LogP contribution in [0.2, 0.25) is 0 Å². The topological polar surface area (TPSA) is 78.6 Å². The lowest BCUT2D eigenvalue weighted by Gasteiger charge is -2.41. The number of aromatic nitrogens is 2. The fraction of sp³-hybridized carbons (Fsp3) is 0.471. The Morgan fingerprint density at radius 3 is 2.56 bits per heavy atom. The summed E-state index contributed by atoms with van der Waals surface area (Å²) < 4.78 is 68.1. The number of ether oxygens (including phenoxy) is 2. The number of carbonyl (C=O) groups excluding carboxylic acids is 1. The number of benzene rings is 2. The van der Waals surface area contributed by atoms with Crippen LogP contribution in [0.25, 0.3) is 4.85 Å². The molecule has 0 spiro atoms. The van der Waals surface area contributed by atoms with E-state index in [1.165, 1.54) is 17.0 Å². The Labute approximate surface area is 276 Å². The molecule has 0 aliphatic carbocycles. The van der Waals surface area contributed by atoms with E-state index in [1.807, 2.05) is 42.3 Å². The van der Waals surface area contributed by atoms with Crippen molar-refractivity contribution in [3.63, 3.8) is 0 Å². The van der Waals surface area contributed by atoms with Crippen molar-refractivity contribution in [3.05, 3.63) is 88.1 Å². The molecule has 3 aliphatic rings. The molecule has 2 fully saturated rings. The van der Waals surface area contributed by atoms with Crippen LogP contribution in [-0.2, 0) is 30.5 Å². The molecule has 0 saturated carbocycles. The number of anilines is 2. The molecule has 4 heterocycles. The first-order valence-corrected chi connectivity index (χ1v) is 16.0. The van der Waals surface area contributed by atoms with Crippen LogP contribution in [0.5, 0.6) is 6.01 Å². The van der Waals surface area contributed by atoms with Crippen LogP contribution in [0.3, 0.4) is 0 Å². The summed E-state index contributed by atoms with van der Waals surface area (Å²) in [5, 5.41) is 0. The smallest absolute Gasteiger partial charge is 0.421 e. The summed E-state index contributed by atoms with van der Waals surface area (Å²) in [5.41, 5.74) is 0.543. The highest BCUT2D eigenvalue weighted by atomic mass is 19.4. The number of nitrogens with zero attached hydrogens (tertiary/aromatic N) is 7. The average Bonchev–Trinajstić information content (AvgIpc) is 3.49. The summed E-state index contributed by atoms with van der Waals surface area (Å²) in [6.07, 6.45) is -3.07. The van der Waals surface area contributed by atoms with Gasteiger partial charge >= 0.3 is 18.3 Å². The van der Waals surface area contributed by atoms with E-state index in [1.54, 1.807) is 4.90 Å². The second-order valence-electron chi connectivity index (χ2n) is 12.3. The van der Waals surface area contributed by atoms with Gasteiger partial charge in [-0.2, -0.15) is 23.1 Å². The average molecular weight is 668 g/mol. The van der Waals surface area contributed by atoms with Crippen LogP contribution in [0.4, 0.5) is 33.9 Å². The van der Waals surface area contributed by atoms with E-state index in [-0.39, 0.29) is 50.5 Å². The van der Waals surface area contributed by atoms with Gasteiger partial charge in [0.2, 0.25) is 6.54 Å². The predicted octanol–water partition coefficient (Wildman–Crippen LogP) is 5.42. The van der Waals surface area contributed by atoms with E-state index in [4.69, 9.17) is 21.0 Å². The molecule has 254 valence electrons. The third-order valence-corrected chi connectivity index (χ3v) is 9.24. The van der Waals surface area contributed by atoms with Gasteiger partial charge < -0.3 is 29.0 Å².